The van der Waals surface area contributed by atoms with E-state index in [-0.39, 0.29) is 62.5 Å². The maximum Gasteiger partial charge on any atom is 0.337 e. The number of aliphatic hydroxyl groups excluding tert-OH is 1. The third kappa shape index (κ3) is 11.5. The van der Waals surface area contributed by atoms with Gasteiger partial charge in [-0.1, -0.05) is 32.0 Å². The van der Waals surface area contributed by atoms with Gasteiger partial charge < -0.3 is 53.1 Å². The van der Waals surface area contributed by atoms with E-state index >= 15 is 0 Å². The van der Waals surface area contributed by atoms with Gasteiger partial charge >= 0.3 is 11.9 Å². The van der Waals surface area contributed by atoms with Crippen LogP contribution in [0, 0.1) is 17.8 Å². The molecule has 0 radical (unpaired) electrons. The number of amides is 1. The van der Waals surface area contributed by atoms with Gasteiger partial charge in [-0.25, -0.2) is 9.79 Å². The molecule has 3 saturated heterocycles. The van der Waals surface area contributed by atoms with Crippen LogP contribution in [0.3, 0.4) is 0 Å². The summed E-state index contributed by atoms with van der Waals surface area (Å²) in [5.74, 6) is -4.90. The van der Waals surface area contributed by atoms with Gasteiger partial charge in [-0.2, -0.15) is 0 Å². The average molecular weight is 848 g/mol. The monoisotopic (exact) mass is 847 g/mol. The molecule has 1 amide bonds. The van der Waals surface area contributed by atoms with E-state index in [1.807, 2.05) is 32.8 Å². The van der Waals surface area contributed by atoms with Gasteiger partial charge in [-0.15, -0.1) is 0 Å². The van der Waals surface area contributed by atoms with E-state index in [0.29, 0.717) is 23.4 Å². The van der Waals surface area contributed by atoms with Gasteiger partial charge in [-0.3, -0.25) is 14.4 Å². The van der Waals surface area contributed by atoms with Crippen molar-refractivity contribution in [3.05, 3.63) is 29.3 Å². The SMILES string of the molecule is CC[C@@H]1OC(=O)[C@H](C)C(=O)[C@H](C)[C@@H](O[C@@H]2O[C@H](C)C[C@H](N(C)C)[C@H]2O)[C@@]2(C)C[C@@H](C)C(=NC(C)=O)C[C@H](OC/C(=N/OCc3ccc(C(=O)OC)cc3OC)CO2)[C@]1(C)O. The smallest absolute Gasteiger partial charge is 0.337 e. The van der Waals surface area contributed by atoms with Crippen molar-refractivity contribution in [1.82, 2.24) is 4.90 Å². The Morgan fingerprint density at radius 1 is 1.07 bits per heavy atom. The lowest BCUT2D eigenvalue weighted by Crippen LogP contribution is -2.59. The molecule has 336 valence electrons. The molecule has 3 aliphatic heterocycles. The lowest BCUT2D eigenvalue weighted by atomic mass is 9.76. The molecule has 0 aromatic heterocycles. The summed E-state index contributed by atoms with van der Waals surface area (Å²) in [5.41, 5.74) is -1.84. The quantitative estimate of drug-likeness (QED) is 0.206. The molecule has 3 aliphatic rings. The summed E-state index contributed by atoms with van der Waals surface area (Å²) in [6.07, 6.45) is -5.36. The highest BCUT2D eigenvalue weighted by atomic mass is 16.7. The highest BCUT2D eigenvalue weighted by molar-refractivity contribution is 6.00. The molecule has 4 rings (SSSR count). The van der Waals surface area contributed by atoms with Gasteiger partial charge in [0.2, 0.25) is 5.91 Å². The van der Waals surface area contributed by atoms with Crippen LogP contribution in [-0.4, -0.2) is 146 Å². The number of carbonyl (C=O) groups is 4. The normalized spacial score (nSPS) is 36.2. The number of rotatable bonds is 9. The standard InChI is InChI=1S/C43H65N3O14/c1-13-34-43(8,52)35-18-31(44-27(6)47)23(2)19-42(7,56-22-30(21-55-35)45-57-20-29-15-14-28(40(51)54-12)17-33(29)53-11)38(25(4)36(48)26(5)39(50)59-34)60-41-37(49)32(46(9)10)16-24(3)58-41/h14-15,17,23-26,32,34-35,37-38,41,49,52H,13,16,18-22H2,1-12H3/b44-31?,45-30-/t23-,24-,25+,26-,32+,34+,35+,37-,38-,41+,42-,43-/m1/s1. The molecular weight excluding hydrogens is 782 g/mol. The molecule has 1 aromatic rings. The number of fused-ring (bicyclic) bond motifs is 5. The molecule has 2 N–H and O–H groups in total. The second-order valence-electron chi connectivity index (χ2n) is 16.9. The number of carbonyl (C=O) groups excluding carboxylic acids is 4. The molecule has 3 fully saturated rings. The van der Waals surface area contributed by atoms with Crippen LogP contribution in [0.2, 0.25) is 0 Å². The molecule has 17 heteroatoms. The van der Waals surface area contributed by atoms with E-state index in [4.69, 9.17) is 38.0 Å². The Balaban J connectivity index is 1.89. The molecule has 0 unspecified atom stereocenters. The number of esters is 2. The van der Waals surface area contributed by atoms with E-state index in [1.165, 1.54) is 41.1 Å². The minimum absolute atomic E-state index is 0.0577. The van der Waals surface area contributed by atoms with Crippen molar-refractivity contribution in [2.75, 3.05) is 41.5 Å². The first kappa shape index (κ1) is 48.8. The van der Waals surface area contributed by atoms with Gasteiger partial charge in [0.1, 0.15) is 41.8 Å². The topological polar surface area (TPSA) is 211 Å². The van der Waals surface area contributed by atoms with Gasteiger partial charge in [0.25, 0.3) is 0 Å². The summed E-state index contributed by atoms with van der Waals surface area (Å²) < 4.78 is 42.5. The lowest BCUT2D eigenvalue weighted by molar-refractivity contribution is -0.296. The number of benzene rings is 1. The van der Waals surface area contributed by atoms with E-state index in [1.54, 1.807) is 32.9 Å². The fourth-order valence-electron chi connectivity index (χ4n) is 8.32. The van der Waals surface area contributed by atoms with E-state index in [2.05, 4.69) is 10.1 Å². The van der Waals surface area contributed by atoms with Crippen molar-refractivity contribution in [2.45, 2.75) is 142 Å². The van der Waals surface area contributed by atoms with E-state index in [9.17, 15) is 29.4 Å². The molecule has 1 aromatic carbocycles. The summed E-state index contributed by atoms with van der Waals surface area (Å²) in [7, 11) is 6.44. The second kappa shape index (κ2) is 20.8. The lowest BCUT2D eigenvalue weighted by Gasteiger charge is -2.47. The Morgan fingerprint density at radius 2 is 1.77 bits per heavy atom. The number of ketones is 1. The number of Topliss-reactive ketones (excluding diaryl/α,β-unsaturated/α-hetero) is 1. The predicted molar refractivity (Wildman–Crippen MR) is 219 cm³/mol. The zero-order chi connectivity index (χ0) is 44.7. The van der Waals surface area contributed by atoms with Crippen LogP contribution in [0.1, 0.15) is 97.0 Å². The summed E-state index contributed by atoms with van der Waals surface area (Å²) in [4.78, 5) is 65.3. The Labute approximate surface area is 353 Å². The van der Waals surface area contributed by atoms with Crippen molar-refractivity contribution < 1.29 is 67.4 Å². The summed E-state index contributed by atoms with van der Waals surface area (Å²) in [5, 5.41) is 28.3. The molecule has 0 spiro atoms. The van der Waals surface area contributed by atoms with Crippen LogP contribution in [-0.2, 0) is 54.2 Å². The first-order valence-corrected chi connectivity index (χ1v) is 20.6. The number of ether oxygens (including phenoxy) is 7. The Morgan fingerprint density at radius 3 is 2.38 bits per heavy atom. The number of methoxy groups -OCH3 is 2. The number of hydrogen-bond donors (Lipinski definition) is 2. The first-order chi connectivity index (χ1) is 28.2. The zero-order valence-corrected chi connectivity index (χ0v) is 37.1. The van der Waals surface area contributed by atoms with Crippen molar-refractivity contribution in [2.24, 2.45) is 27.9 Å². The fraction of sp³-hybridized carbons (Fsp3) is 0.721. The van der Waals surface area contributed by atoms with Crippen molar-refractivity contribution in [3.63, 3.8) is 0 Å². The summed E-state index contributed by atoms with van der Waals surface area (Å²) in [6, 6.07) is 4.40. The Kier molecular flexibility index (Phi) is 16.9. The minimum atomic E-state index is -1.86. The van der Waals surface area contributed by atoms with E-state index < -0.39 is 83.3 Å². The van der Waals surface area contributed by atoms with Crippen LogP contribution in [0.5, 0.6) is 5.75 Å². The minimum Gasteiger partial charge on any atom is -0.496 e. The van der Waals surface area contributed by atoms with Crippen molar-refractivity contribution in [1.29, 1.82) is 0 Å². The van der Waals surface area contributed by atoms with Gasteiger partial charge in [-0.05, 0) is 79.1 Å². The predicted octanol–water partition coefficient (Wildman–Crippen LogP) is 3.67. The average Bonchev–Trinajstić information content (AvgIpc) is 3.22. The van der Waals surface area contributed by atoms with Gasteiger partial charge in [0.05, 0.1) is 56.9 Å². The van der Waals surface area contributed by atoms with Crippen LogP contribution in [0.25, 0.3) is 0 Å². The number of aliphatic hydroxyl groups is 2. The maximum absolute atomic E-state index is 14.5. The number of hydrogen-bond acceptors (Lipinski definition) is 16. The van der Waals surface area contributed by atoms with Crippen LogP contribution >= 0.6 is 0 Å². The zero-order valence-electron chi connectivity index (χ0n) is 37.1. The van der Waals surface area contributed by atoms with Gasteiger partial charge in [0.15, 0.2) is 12.1 Å². The van der Waals surface area contributed by atoms with Gasteiger partial charge in [0, 0.05) is 36.6 Å². The molecule has 12 atom stereocenters. The molecular formula is C43H65N3O14. The molecule has 0 saturated carbocycles. The molecule has 17 nitrogen and oxygen atoms in total. The number of cyclic esters (lactones) is 1. The second-order valence-corrected chi connectivity index (χ2v) is 16.9. The largest absolute Gasteiger partial charge is 0.496 e. The highest BCUT2D eigenvalue weighted by Crippen LogP contribution is 2.39. The number of likely N-dealkylation sites (N-methyl/N-ethyl adjacent to an activating group) is 1. The van der Waals surface area contributed by atoms with Crippen LogP contribution in [0.15, 0.2) is 28.3 Å². The van der Waals surface area contributed by atoms with Crippen LogP contribution < -0.4 is 4.74 Å². The Bertz CT molecular complexity index is 1750. The number of oxime groups is 1. The van der Waals surface area contributed by atoms with Crippen LogP contribution in [0.4, 0.5) is 0 Å². The highest BCUT2D eigenvalue weighted by Gasteiger charge is 2.51. The summed E-state index contributed by atoms with van der Waals surface area (Å²) >= 11 is 0. The molecule has 0 aliphatic carbocycles. The summed E-state index contributed by atoms with van der Waals surface area (Å²) in [6.45, 7) is 12.5. The molecule has 60 heavy (non-hydrogen) atoms. The number of aliphatic imine (C=N–C) groups is 1. The molecule has 3 heterocycles. The fourth-order valence-corrected chi connectivity index (χ4v) is 8.32. The van der Waals surface area contributed by atoms with Crippen molar-refractivity contribution in [3.8, 4) is 5.75 Å². The number of nitrogens with zero attached hydrogens (tertiary/aromatic N) is 3. The first-order valence-electron chi connectivity index (χ1n) is 20.6. The third-order valence-electron chi connectivity index (χ3n) is 11.9. The maximum atomic E-state index is 14.5. The van der Waals surface area contributed by atoms with E-state index in [0.717, 1.165) is 0 Å². The third-order valence-corrected chi connectivity index (χ3v) is 11.9. The Hall–Kier alpha value is -3.84. The molecule has 2 bridgehead atoms. The van der Waals surface area contributed by atoms with Crippen molar-refractivity contribution >= 4 is 35.1 Å².